The highest BCUT2D eigenvalue weighted by Gasteiger charge is 2.20. The van der Waals surface area contributed by atoms with Crippen LogP contribution in [0, 0.1) is 0 Å². The fourth-order valence-corrected chi connectivity index (χ4v) is 6.19. The lowest BCUT2D eigenvalue weighted by molar-refractivity contribution is -0.140. The fourth-order valence-electron chi connectivity index (χ4n) is 6.19. The fraction of sp³-hybridized carbons (Fsp3) is 0.294. The molecule has 2 atom stereocenters. The van der Waals surface area contributed by atoms with Crippen LogP contribution in [-0.4, -0.2) is 67.7 Å². The summed E-state index contributed by atoms with van der Waals surface area (Å²) < 4.78 is 26.9. The number of rotatable bonds is 24. The van der Waals surface area contributed by atoms with Crippen LogP contribution in [0.2, 0.25) is 0 Å². The lowest BCUT2D eigenvalue weighted by atomic mass is 9.98. The van der Waals surface area contributed by atoms with Gasteiger partial charge in [0.1, 0.15) is 37.8 Å². The van der Waals surface area contributed by atoms with Gasteiger partial charge in [0.2, 0.25) is 0 Å². The molecule has 336 valence electrons. The first-order valence-electron chi connectivity index (χ1n) is 20.9. The van der Waals surface area contributed by atoms with Gasteiger partial charge < -0.3 is 23.7 Å². The standard InChI is InChI=1S/C51H56N2O11/c1-33(2)13-12-18-46(54)43-15-9-8-14-42(43)37(7)62-32-36(6)64-51(59)53-41-26-22-39(23-27-41)31-38-20-24-40(25-21-38)52-50(58)63-35(5)19-28-47(55)44-16-10-11-17-45(44)49(57)61-30-29-60-48(56)34(3)4/h8-11,14-17,20-27,35-36H,1,3,7,12-13,18-19,28-32H2,2,4-6H3,(H,52,58)(H,53,59). The Labute approximate surface area is 374 Å². The average Bonchev–Trinajstić information content (AvgIpc) is 3.27. The Morgan fingerprint density at radius 2 is 1.05 bits per heavy atom. The highest BCUT2D eigenvalue weighted by atomic mass is 16.6. The van der Waals surface area contributed by atoms with Gasteiger partial charge in [-0.05, 0) is 94.8 Å². The maximum Gasteiger partial charge on any atom is 0.412 e. The first-order valence-corrected chi connectivity index (χ1v) is 20.9. The smallest absolute Gasteiger partial charge is 0.412 e. The predicted octanol–water partition coefficient (Wildman–Crippen LogP) is 10.7. The third-order valence-corrected chi connectivity index (χ3v) is 9.58. The SMILES string of the molecule is C=C(C)CCCC(=O)c1ccccc1C(=C)OCC(C)OC(=O)Nc1ccc(Cc2ccc(NC(=O)OC(C)CCC(=O)c3ccccc3C(=O)OCCOC(=O)C(=C)C)cc2)cc1. The quantitative estimate of drug-likeness (QED) is 0.0130. The van der Waals surface area contributed by atoms with Crippen molar-refractivity contribution in [1.82, 2.24) is 0 Å². The molecule has 0 aliphatic carbocycles. The Hall–Kier alpha value is -7.28. The van der Waals surface area contributed by atoms with Crippen molar-refractivity contribution < 1.29 is 52.5 Å². The molecule has 0 radical (unpaired) electrons. The summed E-state index contributed by atoms with van der Waals surface area (Å²) in [7, 11) is 0. The van der Waals surface area contributed by atoms with E-state index in [-0.39, 0.29) is 60.9 Å². The van der Waals surface area contributed by atoms with Crippen molar-refractivity contribution in [2.24, 2.45) is 0 Å². The van der Waals surface area contributed by atoms with E-state index in [0.717, 1.165) is 23.1 Å². The summed E-state index contributed by atoms with van der Waals surface area (Å²) in [6.45, 7) is 17.9. The number of carbonyl (C=O) groups excluding carboxylic acids is 6. The number of ether oxygens (including phenoxy) is 5. The minimum absolute atomic E-state index is 0.00251. The lowest BCUT2D eigenvalue weighted by Gasteiger charge is -2.17. The molecular weight excluding hydrogens is 817 g/mol. The third-order valence-electron chi connectivity index (χ3n) is 9.58. The van der Waals surface area contributed by atoms with Crippen molar-refractivity contribution in [1.29, 1.82) is 0 Å². The maximum atomic E-state index is 13.0. The molecule has 2 N–H and O–H groups in total. The van der Waals surface area contributed by atoms with Crippen LogP contribution < -0.4 is 10.6 Å². The molecule has 0 saturated carbocycles. The van der Waals surface area contributed by atoms with E-state index in [0.29, 0.717) is 47.5 Å². The van der Waals surface area contributed by atoms with Gasteiger partial charge in [0.15, 0.2) is 11.6 Å². The minimum Gasteiger partial charge on any atom is -0.490 e. The van der Waals surface area contributed by atoms with Crippen molar-refractivity contribution in [3.8, 4) is 0 Å². The van der Waals surface area contributed by atoms with E-state index in [2.05, 4.69) is 30.4 Å². The van der Waals surface area contributed by atoms with Crippen LogP contribution in [-0.2, 0) is 34.9 Å². The summed E-state index contributed by atoms with van der Waals surface area (Å²) in [6.07, 6.45) is 0.158. The first-order chi connectivity index (χ1) is 30.6. The number of esters is 2. The molecule has 0 spiro atoms. The summed E-state index contributed by atoms with van der Waals surface area (Å²) in [4.78, 5) is 75.3. The zero-order chi connectivity index (χ0) is 46.6. The van der Waals surface area contributed by atoms with Crippen LogP contribution >= 0.6 is 0 Å². The molecule has 13 heteroatoms. The molecule has 4 aromatic carbocycles. The number of carbonyl (C=O) groups is 6. The van der Waals surface area contributed by atoms with Crippen molar-refractivity contribution >= 4 is 52.8 Å². The average molecular weight is 873 g/mol. The van der Waals surface area contributed by atoms with Crippen LogP contribution in [0.25, 0.3) is 5.76 Å². The zero-order valence-corrected chi connectivity index (χ0v) is 36.9. The van der Waals surface area contributed by atoms with E-state index >= 15 is 0 Å². The summed E-state index contributed by atoms with van der Waals surface area (Å²) >= 11 is 0. The van der Waals surface area contributed by atoms with Gasteiger partial charge in [-0.2, -0.15) is 0 Å². The molecule has 13 nitrogen and oxygen atoms in total. The number of hydrogen-bond donors (Lipinski definition) is 2. The maximum absolute atomic E-state index is 13.0. The molecule has 4 aromatic rings. The van der Waals surface area contributed by atoms with Crippen molar-refractivity contribution in [2.45, 2.75) is 78.4 Å². The monoisotopic (exact) mass is 872 g/mol. The van der Waals surface area contributed by atoms with E-state index in [1.54, 1.807) is 68.4 Å². The number of Topliss-reactive ketones (excluding diaryl/α,β-unsaturated/α-hetero) is 2. The molecule has 0 aliphatic rings. The molecule has 0 saturated heterocycles. The highest BCUT2D eigenvalue weighted by molar-refractivity contribution is 6.06. The number of hydrogen-bond acceptors (Lipinski definition) is 11. The van der Waals surface area contributed by atoms with Gasteiger partial charge in [0.25, 0.3) is 0 Å². The van der Waals surface area contributed by atoms with E-state index < -0.39 is 36.3 Å². The van der Waals surface area contributed by atoms with Crippen LogP contribution in [0.3, 0.4) is 0 Å². The van der Waals surface area contributed by atoms with Crippen molar-refractivity contribution in [2.75, 3.05) is 30.5 Å². The van der Waals surface area contributed by atoms with Crippen molar-refractivity contribution in [3.05, 3.63) is 161 Å². The van der Waals surface area contributed by atoms with E-state index in [9.17, 15) is 28.8 Å². The Kier molecular flexibility index (Phi) is 19.3. The van der Waals surface area contributed by atoms with Gasteiger partial charge >= 0.3 is 24.1 Å². The third kappa shape index (κ3) is 16.5. The van der Waals surface area contributed by atoms with Gasteiger partial charge in [-0.15, -0.1) is 6.58 Å². The Bertz CT molecular complexity index is 2320. The Morgan fingerprint density at radius 1 is 0.562 bits per heavy atom. The molecular formula is C51H56N2O11. The largest absolute Gasteiger partial charge is 0.490 e. The molecule has 0 aliphatic heterocycles. The van der Waals surface area contributed by atoms with E-state index in [1.165, 1.54) is 19.1 Å². The number of nitrogens with one attached hydrogen (secondary N) is 2. The van der Waals surface area contributed by atoms with Crippen LogP contribution in [0.1, 0.15) is 108 Å². The van der Waals surface area contributed by atoms with Gasteiger partial charge in [0.05, 0.1) is 5.56 Å². The zero-order valence-electron chi connectivity index (χ0n) is 36.9. The van der Waals surface area contributed by atoms with Crippen molar-refractivity contribution in [3.63, 3.8) is 0 Å². The number of anilines is 2. The second kappa shape index (κ2) is 25.0. The molecule has 2 amide bonds. The number of benzene rings is 4. The lowest BCUT2D eigenvalue weighted by Crippen LogP contribution is -2.24. The summed E-state index contributed by atoms with van der Waals surface area (Å²) in [5.74, 6) is -1.33. The second-order valence-electron chi connectivity index (χ2n) is 15.3. The topological polar surface area (TPSA) is 173 Å². The van der Waals surface area contributed by atoms with Gasteiger partial charge in [-0.3, -0.25) is 20.2 Å². The predicted molar refractivity (Wildman–Crippen MR) is 245 cm³/mol. The van der Waals surface area contributed by atoms with Crippen LogP contribution in [0.5, 0.6) is 0 Å². The van der Waals surface area contributed by atoms with Crippen LogP contribution in [0.4, 0.5) is 21.0 Å². The minimum atomic E-state index is -0.729. The number of allylic oxidation sites excluding steroid dienone is 1. The second-order valence-corrected chi connectivity index (χ2v) is 15.3. The molecule has 64 heavy (non-hydrogen) atoms. The molecule has 0 bridgehead atoms. The number of amides is 2. The molecule has 0 heterocycles. The molecule has 2 unspecified atom stereocenters. The van der Waals surface area contributed by atoms with Gasteiger partial charge in [-0.1, -0.05) is 85.5 Å². The normalized spacial score (nSPS) is 11.5. The Morgan fingerprint density at radius 3 is 1.59 bits per heavy atom. The Balaban J connectivity index is 1.16. The summed E-state index contributed by atoms with van der Waals surface area (Å²) in [5, 5.41) is 5.42. The summed E-state index contributed by atoms with van der Waals surface area (Å²) in [5.41, 5.74) is 5.68. The summed E-state index contributed by atoms with van der Waals surface area (Å²) in [6, 6.07) is 28.0. The van der Waals surface area contributed by atoms with E-state index in [1.807, 2.05) is 37.3 Å². The first kappa shape index (κ1) is 49.4. The molecule has 0 aromatic heterocycles. The molecule has 0 fully saturated rings. The number of ketones is 2. The highest BCUT2D eigenvalue weighted by Crippen LogP contribution is 2.23. The molecule has 4 rings (SSSR count). The van der Waals surface area contributed by atoms with Crippen LogP contribution in [0.15, 0.2) is 128 Å². The van der Waals surface area contributed by atoms with E-state index in [4.69, 9.17) is 23.7 Å². The van der Waals surface area contributed by atoms with Gasteiger partial charge in [-0.25, -0.2) is 19.2 Å². The van der Waals surface area contributed by atoms with Gasteiger partial charge in [0, 0.05) is 46.5 Å².